The zero-order chi connectivity index (χ0) is 11.8. The quantitative estimate of drug-likeness (QED) is 0.701. The van der Waals surface area contributed by atoms with Gasteiger partial charge in [0, 0.05) is 6.04 Å². The summed E-state index contributed by atoms with van der Waals surface area (Å²) in [6, 6.07) is 8.57. The lowest BCUT2D eigenvalue weighted by Crippen LogP contribution is -2.11. The lowest BCUT2D eigenvalue weighted by atomic mass is 10.2. The van der Waals surface area contributed by atoms with E-state index in [1.54, 1.807) is 0 Å². The Hall–Kier alpha value is -1.18. The van der Waals surface area contributed by atoms with E-state index < -0.39 is 0 Å². The molecule has 0 fully saturated rings. The predicted molar refractivity (Wildman–Crippen MR) is 70.2 cm³/mol. The summed E-state index contributed by atoms with van der Waals surface area (Å²) in [7, 11) is 0. The smallest absolute Gasteiger partial charge is 0.142 e. The molecule has 1 aromatic carbocycles. The number of unbranched alkanes of at least 4 members (excludes halogenated alkanes) is 2. The Kier molecular flexibility index (Phi) is 5.76. The molecule has 1 N–H and O–H groups in total. The molecular formula is C14H23NO. The number of hydrogen-bond acceptors (Lipinski definition) is 2. The highest BCUT2D eigenvalue weighted by Crippen LogP contribution is 2.24. The molecule has 0 atom stereocenters. The van der Waals surface area contributed by atoms with Gasteiger partial charge in [-0.3, -0.25) is 0 Å². The predicted octanol–water partition coefficient (Wildman–Crippen LogP) is 4.08. The van der Waals surface area contributed by atoms with Crippen molar-refractivity contribution in [2.45, 2.75) is 46.1 Å². The molecule has 1 rings (SSSR count). The molecule has 0 aliphatic carbocycles. The van der Waals surface area contributed by atoms with Gasteiger partial charge in [-0.15, -0.1) is 0 Å². The fraction of sp³-hybridized carbons (Fsp3) is 0.571. The number of hydrogen-bond donors (Lipinski definition) is 1. The Morgan fingerprint density at radius 3 is 2.62 bits per heavy atom. The van der Waals surface area contributed by atoms with Crippen LogP contribution in [0.2, 0.25) is 0 Å². The van der Waals surface area contributed by atoms with Crippen LogP contribution in [-0.2, 0) is 0 Å². The molecule has 0 aliphatic heterocycles. The Bertz CT molecular complexity index is 297. The second kappa shape index (κ2) is 7.15. The second-order valence-corrected chi connectivity index (χ2v) is 4.35. The number of rotatable bonds is 7. The van der Waals surface area contributed by atoms with E-state index in [9.17, 15) is 0 Å². The third-order valence-corrected chi connectivity index (χ3v) is 2.34. The first kappa shape index (κ1) is 12.9. The van der Waals surface area contributed by atoms with Crippen molar-refractivity contribution in [1.82, 2.24) is 0 Å². The fourth-order valence-electron chi connectivity index (χ4n) is 1.56. The summed E-state index contributed by atoms with van der Waals surface area (Å²) >= 11 is 0. The van der Waals surface area contributed by atoms with Crippen molar-refractivity contribution in [1.29, 1.82) is 0 Å². The minimum absolute atomic E-state index is 0.431. The van der Waals surface area contributed by atoms with E-state index in [4.69, 9.17) is 4.74 Å². The van der Waals surface area contributed by atoms with Crippen LogP contribution in [0, 0.1) is 0 Å². The average Bonchev–Trinajstić information content (AvgIpc) is 2.26. The van der Waals surface area contributed by atoms with Gasteiger partial charge in [-0.05, 0) is 32.4 Å². The highest BCUT2D eigenvalue weighted by Gasteiger charge is 2.03. The van der Waals surface area contributed by atoms with Crippen LogP contribution in [0.4, 0.5) is 5.69 Å². The van der Waals surface area contributed by atoms with Crippen LogP contribution in [-0.4, -0.2) is 12.6 Å². The summed E-state index contributed by atoms with van der Waals surface area (Å²) in [5, 5.41) is 3.39. The molecule has 0 aliphatic rings. The van der Waals surface area contributed by atoms with E-state index in [0.29, 0.717) is 6.04 Å². The van der Waals surface area contributed by atoms with Crippen LogP contribution >= 0.6 is 0 Å². The zero-order valence-corrected chi connectivity index (χ0v) is 10.6. The van der Waals surface area contributed by atoms with Crippen molar-refractivity contribution in [3.8, 4) is 5.75 Å². The van der Waals surface area contributed by atoms with Crippen LogP contribution in [0.3, 0.4) is 0 Å². The number of anilines is 1. The van der Waals surface area contributed by atoms with Gasteiger partial charge in [0.1, 0.15) is 5.75 Å². The third kappa shape index (κ3) is 4.56. The molecule has 2 heteroatoms. The first-order chi connectivity index (χ1) is 7.74. The first-order valence-corrected chi connectivity index (χ1v) is 6.22. The van der Waals surface area contributed by atoms with Crippen molar-refractivity contribution >= 4 is 5.69 Å². The molecule has 2 nitrogen and oxygen atoms in total. The molecule has 0 bridgehead atoms. The molecule has 0 saturated heterocycles. The maximum atomic E-state index is 5.78. The van der Waals surface area contributed by atoms with Gasteiger partial charge in [-0.1, -0.05) is 31.9 Å². The monoisotopic (exact) mass is 221 g/mol. The maximum absolute atomic E-state index is 5.78. The molecular weight excluding hydrogens is 198 g/mol. The Morgan fingerprint density at radius 1 is 1.19 bits per heavy atom. The number of ether oxygens (including phenoxy) is 1. The lowest BCUT2D eigenvalue weighted by Gasteiger charge is -2.15. The minimum Gasteiger partial charge on any atom is -0.491 e. The van der Waals surface area contributed by atoms with Crippen molar-refractivity contribution in [3.63, 3.8) is 0 Å². The molecule has 0 saturated carbocycles. The van der Waals surface area contributed by atoms with Gasteiger partial charge in [0.05, 0.1) is 12.3 Å². The van der Waals surface area contributed by atoms with Gasteiger partial charge >= 0.3 is 0 Å². The molecule has 90 valence electrons. The van der Waals surface area contributed by atoms with Gasteiger partial charge in [0.15, 0.2) is 0 Å². The van der Waals surface area contributed by atoms with Gasteiger partial charge in [-0.2, -0.15) is 0 Å². The summed E-state index contributed by atoms with van der Waals surface area (Å²) in [5.74, 6) is 0.965. The van der Waals surface area contributed by atoms with Crippen molar-refractivity contribution in [2.75, 3.05) is 11.9 Å². The number of nitrogens with one attached hydrogen (secondary N) is 1. The van der Waals surface area contributed by atoms with E-state index >= 15 is 0 Å². The standard InChI is InChI=1S/C14H23NO/c1-4-5-8-11-16-14-10-7-6-9-13(14)15-12(2)3/h6-7,9-10,12,15H,4-5,8,11H2,1-3H3. The fourth-order valence-corrected chi connectivity index (χ4v) is 1.56. The number of benzene rings is 1. The second-order valence-electron chi connectivity index (χ2n) is 4.35. The highest BCUT2D eigenvalue weighted by atomic mass is 16.5. The van der Waals surface area contributed by atoms with Crippen LogP contribution < -0.4 is 10.1 Å². The van der Waals surface area contributed by atoms with E-state index in [0.717, 1.165) is 24.5 Å². The zero-order valence-electron chi connectivity index (χ0n) is 10.6. The highest BCUT2D eigenvalue weighted by molar-refractivity contribution is 5.56. The van der Waals surface area contributed by atoms with Crippen LogP contribution in [0.15, 0.2) is 24.3 Å². The maximum Gasteiger partial charge on any atom is 0.142 e. The molecule has 0 amide bonds. The summed E-state index contributed by atoms with van der Waals surface area (Å²) in [5.41, 5.74) is 1.09. The van der Waals surface area contributed by atoms with Crippen LogP contribution in [0.25, 0.3) is 0 Å². The topological polar surface area (TPSA) is 21.3 Å². The SMILES string of the molecule is CCCCCOc1ccccc1NC(C)C. The molecule has 0 spiro atoms. The van der Waals surface area contributed by atoms with Gasteiger partial charge in [0.25, 0.3) is 0 Å². The van der Waals surface area contributed by atoms with E-state index in [-0.39, 0.29) is 0 Å². The average molecular weight is 221 g/mol. The molecule has 1 aromatic rings. The first-order valence-electron chi connectivity index (χ1n) is 6.22. The van der Waals surface area contributed by atoms with E-state index in [1.165, 1.54) is 12.8 Å². The largest absolute Gasteiger partial charge is 0.491 e. The summed E-state index contributed by atoms with van der Waals surface area (Å²) < 4.78 is 5.78. The summed E-state index contributed by atoms with van der Waals surface area (Å²) in [6.07, 6.45) is 3.60. The van der Waals surface area contributed by atoms with Gasteiger partial charge in [0.2, 0.25) is 0 Å². The van der Waals surface area contributed by atoms with Crippen molar-refractivity contribution in [2.24, 2.45) is 0 Å². The Balaban J connectivity index is 2.50. The van der Waals surface area contributed by atoms with Gasteiger partial charge < -0.3 is 10.1 Å². The Morgan fingerprint density at radius 2 is 1.94 bits per heavy atom. The van der Waals surface area contributed by atoms with Crippen molar-refractivity contribution in [3.05, 3.63) is 24.3 Å². The molecule has 0 aromatic heterocycles. The van der Waals surface area contributed by atoms with E-state index in [2.05, 4.69) is 32.2 Å². The molecule has 0 heterocycles. The van der Waals surface area contributed by atoms with Crippen molar-refractivity contribution < 1.29 is 4.74 Å². The third-order valence-electron chi connectivity index (χ3n) is 2.34. The van der Waals surface area contributed by atoms with Gasteiger partial charge in [-0.25, -0.2) is 0 Å². The number of para-hydroxylation sites is 2. The molecule has 0 radical (unpaired) electrons. The Labute approximate surface area is 99.0 Å². The molecule has 16 heavy (non-hydrogen) atoms. The van der Waals surface area contributed by atoms with Crippen LogP contribution in [0.1, 0.15) is 40.0 Å². The molecule has 0 unspecified atom stereocenters. The summed E-state index contributed by atoms with van der Waals surface area (Å²) in [4.78, 5) is 0. The lowest BCUT2D eigenvalue weighted by molar-refractivity contribution is 0.307. The van der Waals surface area contributed by atoms with E-state index in [1.807, 2.05) is 18.2 Å². The minimum atomic E-state index is 0.431. The van der Waals surface area contributed by atoms with Crippen LogP contribution in [0.5, 0.6) is 5.75 Å². The summed E-state index contributed by atoms with van der Waals surface area (Å²) in [6.45, 7) is 7.28. The normalized spacial score (nSPS) is 10.5.